The van der Waals surface area contributed by atoms with Gasteiger partial charge in [-0.05, 0) is 47.8 Å². The normalized spacial score (nSPS) is 10.7. The van der Waals surface area contributed by atoms with Crippen molar-refractivity contribution in [2.45, 2.75) is 6.54 Å². The number of nitrogens with one attached hydrogen (secondary N) is 1. The second-order valence-electron chi connectivity index (χ2n) is 5.67. The van der Waals surface area contributed by atoms with Crippen molar-refractivity contribution in [3.8, 4) is 5.75 Å². The SMILES string of the molecule is O=C(COC(=O)c1ccccc1N=Nc1ccc(O)cc1)NCc1cccs1. The number of phenols is 1. The average molecular weight is 395 g/mol. The third-order valence-electron chi connectivity index (χ3n) is 3.62. The fourth-order valence-electron chi connectivity index (χ4n) is 2.22. The Balaban J connectivity index is 1.59. The smallest absolute Gasteiger partial charge is 0.340 e. The Hall–Kier alpha value is -3.52. The highest BCUT2D eigenvalue weighted by atomic mass is 32.1. The molecule has 0 unspecified atom stereocenters. The number of hydrogen-bond donors (Lipinski definition) is 2. The molecule has 0 aliphatic rings. The van der Waals surface area contributed by atoms with Crippen LogP contribution < -0.4 is 5.32 Å². The largest absolute Gasteiger partial charge is 0.508 e. The van der Waals surface area contributed by atoms with Crippen molar-refractivity contribution in [3.05, 3.63) is 76.5 Å². The van der Waals surface area contributed by atoms with E-state index in [4.69, 9.17) is 4.74 Å². The molecule has 0 aliphatic carbocycles. The summed E-state index contributed by atoms with van der Waals surface area (Å²) >= 11 is 1.53. The van der Waals surface area contributed by atoms with E-state index < -0.39 is 5.97 Å². The number of phenolic OH excluding ortho intramolecular Hbond substituents is 1. The lowest BCUT2D eigenvalue weighted by Gasteiger charge is -2.07. The first-order chi connectivity index (χ1) is 13.6. The molecule has 0 spiro atoms. The Morgan fingerprint density at radius 2 is 1.79 bits per heavy atom. The van der Waals surface area contributed by atoms with Gasteiger partial charge in [0.25, 0.3) is 5.91 Å². The van der Waals surface area contributed by atoms with E-state index in [-0.39, 0.29) is 23.8 Å². The standard InChI is InChI=1S/C20H17N3O4S/c24-15-9-7-14(8-10-15)22-23-18-6-2-1-5-17(18)20(26)27-13-19(25)21-12-16-4-3-11-28-16/h1-11,24H,12-13H2,(H,21,25). The molecule has 0 saturated carbocycles. The molecule has 0 bridgehead atoms. The average Bonchev–Trinajstić information content (AvgIpc) is 3.24. The molecule has 7 nitrogen and oxygen atoms in total. The van der Waals surface area contributed by atoms with Gasteiger partial charge in [-0.3, -0.25) is 4.79 Å². The molecule has 0 aliphatic heterocycles. The zero-order valence-electron chi connectivity index (χ0n) is 14.7. The molecule has 1 aromatic heterocycles. The summed E-state index contributed by atoms with van der Waals surface area (Å²) in [6, 6.07) is 16.5. The molecular weight excluding hydrogens is 378 g/mol. The number of rotatable bonds is 7. The Kier molecular flexibility index (Phi) is 6.48. The van der Waals surface area contributed by atoms with Crippen LogP contribution in [0.1, 0.15) is 15.2 Å². The van der Waals surface area contributed by atoms with E-state index in [1.165, 1.54) is 23.5 Å². The summed E-state index contributed by atoms with van der Waals surface area (Å²) in [6.45, 7) is 0.0130. The van der Waals surface area contributed by atoms with Crippen LogP contribution in [0.2, 0.25) is 0 Å². The van der Waals surface area contributed by atoms with E-state index in [1.807, 2.05) is 17.5 Å². The maximum Gasteiger partial charge on any atom is 0.340 e. The molecule has 0 saturated heterocycles. The minimum atomic E-state index is -0.661. The van der Waals surface area contributed by atoms with Crippen molar-refractivity contribution in [2.24, 2.45) is 10.2 Å². The number of aromatic hydroxyl groups is 1. The summed E-state index contributed by atoms with van der Waals surface area (Å²) in [5.41, 5.74) is 1.05. The molecule has 3 aromatic rings. The number of azo groups is 1. The van der Waals surface area contributed by atoms with Crippen molar-refractivity contribution in [1.82, 2.24) is 5.32 Å². The molecule has 8 heteroatoms. The zero-order valence-corrected chi connectivity index (χ0v) is 15.6. The summed E-state index contributed by atoms with van der Waals surface area (Å²) in [6.07, 6.45) is 0. The van der Waals surface area contributed by atoms with Gasteiger partial charge in [-0.25, -0.2) is 4.79 Å². The van der Waals surface area contributed by atoms with Crippen LogP contribution in [0, 0.1) is 0 Å². The van der Waals surface area contributed by atoms with Gasteiger partial charge >= 0.3 is 5.97 Å². The highest BCUT2D eigenvalue weighted by Gasteiger charge is 2.14. The molecule has 1 heterocycles. The first kappa shape index (κ1) is 19.2. The van der Waals surface area contributed by atoms with Crippen LogP contribution in [0.4, 0.5) is 11.4 Å². The summed E-state index contributed by atoms with van der Waals surface area (Å²) in [5.74, 6) is -0.920. The molecule has 0 radical (unpaired) electrons. The number of benzene rings is 2. The van der Waals surface area contributed by atoms with Crippen LogP contribution in [-0.2, 0) is 16.1 Å². The number of amides is 1. The minimum absolute atomic E-state index is 0.125. The first-order valence-electron chi connectivity index (χ1n) is 8.38. The Morgan fingerprint density at radius 1 is 1.00 bits per heavy atom. The highest BCUT2D eigenvalue weighted by Crippen LogP contribution is 2.24. The predicted molar refractivity (Wildman–Crippen MR) is 105 cm³/mol. The van der Waals surface area contributed by atoms with E-state index >= 15 is 0 Å². The zero-order chi connectivity index (χ0) is 19.8. The molecule has 28 heavy (non-hydrogen) atoms. The third-order valence-corrected chi connectivity index (χ3v) is 4.50. The maximum atomic E-state index is 12.3. The van der Waals surface area contributed by atoms with Gasteiger partial charge in [-0.15, -0.1) is 16.5 Å². The van der Waals surface area contributed by atoms with Gasteiger partial charge in [0.15, 0.2) is 6.61 Å². The van der Waals surface area contributed by atoms with Crippen molar-refractivity contribution in [1.29, 1.82) is 0 Å². The van der Waals surface area contributed by atoms with E-state index in [0.29, 0.717) is 17.9 Å². The summed E-state index contributed by atoms with van der Waals surface area (Å²) in [5, 5.41) is 22.0. The van der Waals surface area contributed by atoms with Gasteiger partial charge in [0.05, 0.1) is 17.8 Å². The Morgan fingerprint density at radius 3 is 2.54 bits per heavy atom. The van der Waals surface area contributed by atoms with Crippen molar-refractivity contribution in [3.63, 3.8) is 0 Å². The number of esters is 1. The second kappa shape index (κ2) is 9.43. The van der Waals surface area contributed by atoms with Gasteiger partial charge in [0.1, 0.15) is 11.4 Å². The molecule has 2 aromatic carbocycles. The van der Waals surface area contributed by atoms with Gasteiger partial charge in [0.2, 0.25) is 0 Å². The number of carbonyl (C=O) groups excluding carboxylic acids is 2. The summed E-state index contributed by atoms with van der Waals surface area (Å²) in [7, 11) is 0. The first-order valence-corrected chi connectivity index (χ1v) is 9.26. The number of nitrogens with zero attached hydrogens (tertiary/aromatic N) is 2. The van der Waals surface area contributed by atoms with Gasteiger partial charge in [0, 0.05) is 4.88 Å². The topological polar surface area (TPSA) is 100 Å². The number of carbonyl (C=O) groups is 2. The van der Waals surface area contributed by atoms with Gasteiger partial charge in [-0.2, -0.15) is 5.11 Å². The van der Waals surface area contributed by atoms with E-state index in [0.717, 1.165) is 4.88 Å². The Bertz CT molecular complexity index is 969. The molecule has 1 amide bonds. The van der Waals surface area contributed by atoms with Crippen LogP contribution in [0.25, 0.3) is 0 Å². The molecule has 0 fully saturated rings. The van der Waals surface area contributed by atoms with Crippen molar-refractivity contribution < 1.29 is 19.4 Å². The number of hydrogen-bond acceptors (Lipinski definition) is 7. The molecule has 0 atom stereocenters. The summed E-state index contributed by atoms with van der Waals surface area (Å²) in [4.78, 5) is 25.2. The lowest BCUT2D eigenvalue weighted by Crippen LogP contribution is -2.28. The van der Waals surface area contributed by atoms with Crippen molar-refractivity contribution >= 4 is 34.6 Å². The van der Waals surface area contributed by atoms with E-state index in [2.05, 4.69) is 15.5 Å². The van der Waals surface area contributed by atoms with Crippen LogP contribution in [0.3, 0.4) is 0 Å². The monoisotopic (exact) mass is 395 g/mol. The van der Waals surface area contributed by atoms with Crippen molar-refractivity contribution in [2.75, 3.05) is 6.61 Å². The predicted octanol–water partition coefficient (Wildman–Crippen LogP) is 4.34. The minimum Gasteiger partial charge on any atom is -0.508 e. The molecule has 3 rings (SSSR count). The van der Waals surface area contributed by atoms with E-state index in [1.54, 1.807) is 36.4 Å². The third kappa shape index (κ3) is 5.49. The van der Waals surface area contributed by atoms with Gasteiger partial charge in [-0.1, -0.05) is 18.2 Å². The molecular formula is C20H17N3O4S. The lowest BCUT2D eigenvalue weighted by molar-refractivity contribution is -0.124. The molecule has 2 N–H and O–H groups in total. The van der Waals surface area contributed by atoms with Crippen LogP contribution in [-0.4, -0.2) is 23.6 Å². The Labute approximate surface area is 165 Å². The number of ether oxygens (including phenoxy) is 1. The summed E-state index contributed by atoms with van der Waals surface area (Å²) < 4.78 is 5.09. The van der Waals surface area contributed by atoms with Gasteiger partial charge < -0.3 is 15.2 Å². The fourth-order valence-corrected chi connectivity index (χ4v) is 2.87. The lowest BCUT2D eigenvalue weighted by atomic mass is 10.2. The quantitative estimate of drug-likeness (QED) is 0.459. The second-order valence-corrected chi connectivity index (χ2v) is 6.70. The van der Waals surface area contributed by atoms with E-state index in [9.17, 15) is 14.7 Å². The highest BCUT2D eigenvalue weighted by molar-refractivity contribution is 7.09. The van der Waals surface area contributed by atoms with Crippen LogP contribution >= 0.6 is 11.3 Å². The fraction of sp³-hybridized carbons (Fsp3) is 0.100. The van der Waals surface area contributed by atoms with Crippen LogP contribution in [0.5, 0.6) is 5.75 Å². The number of thiophene rings is 1. The maximum absolute atomic E-state index is 12.3. The molecule has 142 valence electrons. The van der Waals surface area contributed by atoms with Crippen LogP contribution in [0.15, 0.2) is 76.3 Å².